The number of hydrogen-bond acceptors (Lipinski definition) is 4. The van der Waals surface area contributed by atoms with Crippen LogP contribution in [0.25, 0.3) is 11.0 Å². The highest BCUT2D eigenvalue weighted by Crippen LogP contribution is 2.34. The van der Waals surface area contributed by atoms with Gasteiger partial charge < -0.3 is 10.0 Å². The van der Waals surface area contributed by atoms with Crippen molar-refractivity contribution < 1.29 is 14.7 Å². The first-order chi connectivity index (χ1) is 16.7. The molecule has 1 unspecified atom stereocenters. The van der Waals surface area contributed by atoms with Gasteiger partial charge in [-0.1, -0.05) is 48.7 Å². The van der Waals surface area contributed by atoms with E-state index in [-0.39, 0.29) is 18.2 Å². The van der Waals surface area contributed by atoms with Crippen LogP contribution in [0, 0.1) is 19.8 Å². The molecule has 1 saturated carbocycles. The number of carboxylic acid groups (broad SMARTS) is 1. The van der Waals surface area contributed by atoms with Crippen LogP contribution < -0.4 is 0 Å². The Morgan fingerprint density at radius 1 is 1.14 bits per heavy atom. The predicted molar refractivity (Wildman–Crippen MR) is 136 cm³/mol. The molecule has 3 aromatic rings. The maximum atomic E-state index is 12.5. The Hall–Kier alpha value is -3.22. The summed E-state index contributed by atoms with van der Waals surface area (Å²) in [6, 6.07) is 10.1. The lowest BCUT2D eigenvalue weighted by molar-refractivity contribution is -0.137. The molecule has 1 amide bonds. The first-order valence-electron chi connectivity index (χ1n) is 12.6. The first-order valence-corrected chi connectivity index (χ1v) is 12.6. The van der Waals surface area contributed by atoms with Crippen molar-refractivity contribution in [3.8, 4) is 0 Å². The SMILES string of the molecule is CC(=O)N(Cc1cc(C(CC(=O)O)c2ccc3c(nnn3C)c2C)ccc1C)CC1CCCCC1. The standard InChI is InChI=1S/C28H36N4O3/c1-18-10-11-22(14-23(18)17-32(20(3)33)16-21-8-6-5-7-9-21)25(15-27(34)35)24-12-13-26-28(19(24)2)29-30-31(26)4/h10-14,21,25H,5-9,15-17H2,1-4H3,(H,34,35). The second-order valence-corrected chi connectivity index (χ2v) is 10.1. The Morgan fingerprint density at radius 2 is 1.89 bits per heavy atom. The predicted octanol–water partition coefficient (Wildman–Crippen LogP) is 5.12. The average Bonchev–Trinajstić information content (AvgIpc) is 3.21. The fraction of sp³-hybridized carbons (Fsp3) is 0.500. The van der Waals surface area contributed by atoms with Gasteiger partial charge in [0.25, 0.3) is 0 Å². The molecule has 7 nitrogen and oxygen atoms in total. The molecule has 4 rings (SSSR count). The zero-order chi connectivity index (χ0) is 25.1. The summed E-state index contributed by atoms with van der Waals surface area (Å²) in [5.74, 6) is -0.510. The fourth-order valence-electron chi connectivity index (χ4n) is 5.48. The number of aliphatic carboxylic acids is 1. The Balaban J connectivity index is 1.67. The number of amides is 1. The van der Waals surface area contributed by atoms with E-state index in [4.69, 9.17) is 0 Å². The molecule has 0 saturated heterocycles. The van der Waals surface area contributed by atoms with Gasteiger partial charge in [0.1, 0.15) is 5.52 Å². The lowest BCUT2D eigenvalue weighted by atomic mass is 9.84. The van der Waals surface area contributed by atoms with E-state index in [2.05, 4.69) is 29.4 Å². The summed E-state index contributed by atoms with van der Waals surface area (Å²) < 4.78 is 1.73. The molecule has 0 aliphatic heterocycles. The number of benzene rings is 2. The number of hydrogen-bond donors (Lipinski definition) is 1. The number of carbonyl (C=O) groups excluding carboxylic acids is 1. The third kappa shape index (κ3) is 5.55. The van der Waals surface area contributed by atoms with E-state index in [1.165, 1.54) is 32.1 Å². The van der Waals surface area contributed by atoms with Gasteiger partial charge in [0, 0.05) is 33.0 Å². The van der Waals surface area contributed by atoms with Crippen LogP contribution >= 0.6 is 0 Å². The molecule has 1 atom stereocenters. The van der Waals surface area contributed by atoms with E-state index in [0.29, 0.717) is 12.5 Å². The summed E-state index contributed by atoms with van der Waals surface area (Å²) in [4.78, 5) is 26.4. The minimum atomic E-state index is -0.849. The third-order valence-electron chi connectivity index (χ3n) is 7.62. The van der Waals surface area contributed by atoms with E-state index in [1.54, 1.807) is 11.6 Å². The zero-order valence-corrected chi connectivity index (χ0v) is 21.3. The van der Waals surface area contributed by atoms with Gasteiger partial charge in [0.15, 0.2) is 0 Å². The lowest BCUT2D eigenvalue weighted by Crippen LogP contribution is -2.34. The average molecular weight is 477 g/mol. The summed E-state index contributed by atoms with van der Waals surface area (Å²) in [6.45, 7) is 7.03. The van der Waals surface area contributed by atoms with Gasteiger partial charge in [-0.15, -0.1) is 5.10 Å². The summed E-state index contributed by atoms with van der Waals surface area (Å²) in [7, 11) is 1.85. The van der Waals surface area contributed by atoms with E-state index < -0.39 is 5.97 Å². The number of carbonyl (C=O) groups is 2. The van der Waals surface area contributed by atoms with Crippen molar-refractivity contribution in [1.82, 2.24) is 19.9 Å². The van der Waals surface area contributed by atoms with Crippen LogP contribution in [-0.2, 0) is 23.2 Å². The molecule has 0 spiro atoms. The summed E-state index contributed by atoms with van der Waals surface area (Å²) in [5, 5.41) is 18.2. The monoisotopic (exact) mass is 476 g/mol. The van der Waals surface area contributed by atoms with Crippen molar-refractivity contribution in [2.45, 2.75) is 71.8 Å². The fourth-order valence-corrected chi connectivity index (χ4v) is 5.48. The summed E-state index contributed by atoms with van der Waals surface area (Å²) in [6.07, 6.45) is 6.14. The van der Waals surface area contributed by atoms with Crippen LogP contribution in [-0.4, -0.2) is 43.4 Å². The maximum absolute atomic E-state index is 12.5. The van der Waals surface area contributed by atoms with E-state index in [1.807, 2.05) is 37.1 Å². The van der Waals surface area contributed by atoms with Gasteiger partial charge in [-0.3, -0.25) is 9.59 Å². The van der Waals surface area contributed by atoms with E-state index >= 15 is 0 Å². The van der Waals surface area contributed by atoms with Gasteiger partial charge in [0.2, 0.25) is 5.91 Å². The van der Waals surface area contributed by atoms with Crippen molar-refractivity contribution in [1.29, 1.82) is 0 Å². The molecule has 0 radical (unpaired) electrons. The second-order valence-electron chi connectivity index (χ2n) is 10.1. The third-order valence-corrected chi connectivity index (χ3v) is 7.62. The second kappa shape index (κ2) is 10.6. The summed E-state index contributed by atoms with van der Waals surface area (Å²) in [5.41, 5.74) is 6.74. The normalized spacial score (nSPS) is 15.3. The molecule has 35 heavy (non-hydrogen) atoms. The highest BCUT2D eigenvalue weighted by atomic mass is 16.4. The van der Waals surface area contributed by atoms with Crippen molar-refractivity contribution in [2.24, 2.45) is 13.0 Å². The Bertz CT molecular complexity index is 1230. The Kier molecular flexibility index (Phi) is 7.53. The molecule has 1 N–H and O–H groups in total. The maximum Gasteiger partial charge on any atom is 0.304 e. The number of aromatic nitrogens is 3. The minimum absolute atomic E-state index is 0.0202. The molecule has 2 aromatic carbocycles. The van der Waals surface area contributed by atoms with Crippen LogP contribution in [0.5, 0.6) is 0 Å². The zero-order valence-electron chi connectivity index (χ0n) is 21.3. The topological polar surface area (TPSA) is 88.3 Å². The molecule has 1 fully saturated rings. The van der Waals surface area contributed by atoms with Gasteiger partial charge in [-0.2, -0.15) is 0 Å². The van der Waals surface area contributed by atoms with E-state index in [9.17, 15) is 14.7 Å². The van der Waals surface area contributed by atoms with Crippen molar-refractivity contribution in [3.05, 3.63) is 58.1 Å². The van der Waals surface area contributed by atoms with Crippen molar-refractivity contribution in [3.63, 3.8) is 0 Å². The van der Waals surface area contributed by atoms with Crippen LogP contribution in [0.15, 0.2) is 30.3 Å². The van der Waals surface area contributed by atoms with Crippen LogP contribution in [0.1, 0.15) is 79.2 Å². The lowest BCUT2D eigenvalue weighted by Gasteiger charge is -2.30. The molecule has 1 aromatic heterocycles. The number of nitrogens with zero attached hydrogens (tertiary/aromatic N) is 4. The van der Waals surface area contributed by atoms with Gasteiger partial charge >= 0.3 is 5.97 Å². The minimum Gasteiger partial charge on any atom is -0.481 e. The van der Waals surface area contributed by atoms with Crippen LogP contribution in [0.4, 0.5) is 0 Å². The Morgan fingerprint density at radius 3 is 2.57 bits per heavy atom. The molecule has 0 bridgehead atoms. The Labute approximate surface area is 207 Å². The number of fused-ring (bicyclic) bond motifs is 1. The molecule has 7 heteroatoms. The highest BCUT2D eigenvalue weighted by molar-refractivity contribution is 5.80. The largest absolute Gasteiger partial charge is 0.481 e. The first kappa shape index (κ1) is 24.9. The molecule has 1 aliphatic carbocycles. The quantitative estimate of drug-likeness (QED) is 0.487. The number of rotatable bonds is 8. The van der Waals surface area contributed by atoms with Crippen LogP contribution in [0.2, 0.25) is 0 Å². The molecule has 1 heterocycles. The number of carboxylic acids is 1. The van der Waals surface area contributed by atoms with Crippen molar-refractivity contribution >= 4 is 22.9 Å². The smallest absolute Gasteiger partial charge is 0.304 e. The van der Waals surface area contributed by atoms with E-state index in [0.717, 1.165) is 45.4 Å². The van der Waals surface area contributed by atoms with Gasteiger partial charge in [0.05, 0.1) is 11.9 Å². The highest BCUT2D eigenvalue weighted by Gasteiger charge is 2.24. The molecular formula is C28H36N4O3. The van der Waals surface area contributed by atoms with Gasteiger partial charge in [-0.05, 0) is 66.5 Å². The molecule has 186 valence electrons. The number of aryl methyl sites for hydroxylation is 3. The molecule has 1 aliphatic rings. The molecular weight excluding hydrogens is 440 g/mol. The van der Waals surface area contributed by atoms with Crippen LogP contribution in [0.3, 0.4) is 0 Å². The summed E-state index contributed by atoms with van der Waals surface area (Å²) >= 11 is 0. The van der Waals surface area contributed by atoms with Gasteiger partial charge in [-0.25, -0.2) is 4.68 Å². The van der Waals surface area contributed by atoms with Crippen molar-refractivity contribution in [2.75, 3.05) is 6.54 Å².